The number of carboxylic acids is 1. The Bertz CT molecular complexity index is 613. The third kappa shape index (κ3) is 3.54. The first kappa shape index (κ1) is 13.5. The summed E-state index contributed by atoms with van der Waals surface area (Å²) in [6.45, 7) is 0.174. The van der Waals surface area contributed by atoms with Crippen LogP contribution in [-0.4, -0.2) is 11.1 Å². The lowest BCUT2D eigenvalue weighted by Gasteiger charge is -2.07. The molecule has 1 N–H and O–H groups in total. The number of carbonyl (C=O) groups is 1. The molecule has 2 aromatic carbocycles. The smallest absolute Gasteiger partial charge is 0.338 e. The summed E-state index contributed by atoms with van der Waals surface area (Å²) < 4.78 is 19.8. The molecule has 0 saturated carbocycles. The summed E-state index contributed by atoms with van der Waals surface area (Å²) in [6.07, 6.45) is 0. The van der Waals surface area contributed by atoms with Gasteiger partial charge in [-0.15, -0.1) is 0 Å². The number of benzene rings is 2. The minimum Gasteiger partial charge on any atom is -0.489 e. The van der Waals surface area contributed by atoms with Gasteiger partial charge in [0.1, 0.15) is 18.2 Å². The van der Waals surface area contributed by atoms with Crippen LogP contribution in [0.3, 0.4) is 0 Å². The van der Waals surface area contributed by atoms with E-state index in [4.69, 9.17) is 9.84 Å². The zero-order valence-corrected chi connectivity index (χ0v) is 11.4. The number of aromatic carboxylic acids is 1. The van der Waals surface area contributed by atoms with Crippen molar-refractivity contribution in [2.24, 2.45) is 0 Å². The van der Waals surface area contributed by atoms with Gasteiger partial charge in [0.2, 0.25) is 0 Å². The molecule has 2 rings (SSSR count). The van der Waals surface area contributed by atoms with Gasteiger partial charge in [-0.05, 0) is 35.9 Å². The van der Waals surface area contributed by atoms with E-state index in [0.29, 0.717) is 11.3 Å². The topological polar surface area (TPSA) is 46.5 Å². The molecule has 0 aliphatic heterocycles. The molecule has 0 radical (unpaired) electrons. The average Bonchev–Trinajstić information content (AvgIpc) is 2.36. The van der Waals surface area contributed by atoms with Crippen LogP contribution in [0.2, 0.25) is 0 Å². The highest BCUT2D eigenvalue weighted by molar-refractivity contribution is 9.10. The minimum absolute atomic E-state index is 0.174. The zero-order chi connectivity index (χ0) is 13.8. The molecule has 0 bridgehead atoms. The predicted molar refractivity (Wildman–Crippen MR) is 71.8 cm³/mol. The molecule has 0 atom stereocenters. The number of hydrogen-bond acceptors (Lipinski definition) is 2. The number of halogens is 2. The third-order valence-electron chi connectivity index (χ3n) is 2.47. The van der Waals surface area contributed by atoms with Crippen molar-refractivity contribution in [1.82, 2.24) is 0 Å². The Hall–Kier alpha value is -1.88. The number of carboxylic acid groups (broad SMARTS) is 1. The summed E-state index contributed by atoms with van der Waals surface area (Å²) in [7, 11) is 0. The lowest BCUT2D eigenvalue weighted by atomic mass is 10.1. The summed E-state index contributed by atoms with van der Waals surface area (Å²) in [5.41, 5.74) is 0.230. The molecule has 0 aromatic heterocycles. The molecule has 98 valence electrons. The van der Waals surface area contributed by atoms with E-state index in [-0.39, 0.29) is 12.2 Å². The lowest BCUT2D eigenvalue weighted by molar-refractivity contribution is 0.0692. The fourth-order valence-corrected chi connectivity index (χ4v) is 1.92. The standard InChI is InChI=1S/C14H10BrFO3/c15-10-2-1-3-11(7-10)19-8-9-4-5-12(14(17)18)13(16)6-9/h1-7H,8H2,(H,17,18). The maximum Gasteiger partial charge on any atom is 0.338 e. The molecule has 0 heterocycles. The second-order valence-corrected chi connectivity index (χ2v) is 4.78. The van der Waals surface area contributed by atoms with Crippen LogP contribution in [-0.2, 0) is 6.61 Å². The van der Waals surface area contributed by atoms with Gasteiger partial charge in [0.25, 0.3) is 0 Å². The maximum atomic E-state index is 13.4. The molecule has 0 aliphatic rings. The molecular weight excluding hydrogens is 315 g/mol. The Balaban J connectivity index is 2.08. The molecule has 3 nitrogen and oxygen atoms in total. The van der Waals surface area contributed by atoms with E-state index < -0.39 is 11.8 Å². The van der Waals surface area contributed by atoms with Crippen molar-refractivity contribution in [3.8, 4) is 5.75 Å². The van der Waals surface area contributed by atoms with Gasteiger partial charge < -0.3 is 9.84 Å². The normalized spacial score (nSPS) is 10.2. The predicted octanol–water partition coefficient (Wildman–Crippen LogP) is 3.87. The number of hydrogen-bond donors (Lipinski definition) is 1. The Kier molecular flexibility index (Phi) is 4.16. The highest BCUT2D eigenvalue weighted by atomic mass is 79.9. The Morgan fingerprint density at radius 1 is 1.26 bits per heavy atom. The summed E-state index contributed by atoms with van der Waals surface area (Å²) >= 11 is 3.32. The van der Waals surface area contributed by atoms with Crippen LogP contribution >= 0.6 is 15.9 Å². The van der Waals surface area contributed by atoms with Crippen molar-refractivity contribution >= 4 is 21.9 Å². The minimum atomic E-state index is -1.28. The molecule has 19 heavy (non-hydrogen) atoms. The summed E-state index contributed by atoms with van der Waals surface area (Å²) in [5, 5.41) is 8.72. The fraction of sp³-hybridized carbons (Fsp3) is 0.0714. The monoisotopic (exact) mass is 324 g/mol. The number of ether oxygens (including phenoxy) is 1. The van der Waals surface area contributed by atoms with E-state index in [1.54, 1.807) is 12.1 Å². The second-order valence-electron chi connectivity index (χ2n) is 3.87. The molecule has 0 unspecified atom stereocenters. The zero-order valence-electron chi connectivity index (χ0n) is 9.77. The highest BCUT2D eigenvalue weighted by Crippen LogP contribution is 2.19. The first-order chi connectivity index (χ1) is 9.06. The van der Waals surface area contributed by atoms with Gasteiger partial charge in [0.15, 0.2) is 0 Å². The molecule has 0 spiro atoms. The highest BCUT2D eigenvalue weighted by Gasteiger charge is 2.10. The van der Waals surface area contributed by atoms with E-state index >= 15 is 0 Å². The van der Waals surface area contributed by atoms with E-state index in [0.717, 1.165) is 4.47 Å². The van der Waals surface area contributed by atoms with Crippen LogP contribution in [0.15, 0.2) is 46.9 Å². The third-order valence-corrected chi connectivity index (χ3v) is 2.96. The molecule has 0 saturated heterocycles. The van der Waals surface area contributed by atoms with Gasteiger partial charge in [0.05, 0.1) is 5.56 Å². The fourth-order valence-electron chi connectivity index (χ4n) is 1.55. The van der Waals surface area contributed by atoms with Crippen molar-refractivity contribution in [1.29, 1.82) is 0 Å². The Morgan fingerprint density at radius 3 is 2.68 bits per heavy atom. The van der Waals surface area contributed by atoms with Crippen molar-refractivity contribution in [3.05, 3.63) is 63.9 Å². The maximum absolute atomic E-state index is 13.4. The lowest BCUT2D eigenvalue weighted by Crippen LogP contribution is -2.02. The van der Waals surface area contributed by atoms with E-state index in [1.165, 1.54) is 18.2 Å². The molecule has 2 aromatic rings. The van der Waals surface area contributed by atoms with Gasteiger partial charge in [0, 0.05) is 4.47 Å². The van der Waals surface area contributed by atoms with E-state index in [9.17, 15) is 9.18 Å². The van der Waals surface area contributed by atoms with Gasteiger partial charge in [-0.1, -0.05) is 28.1 Å². The van der Waals surface area contributed by atoms with E-state index in [2.05, 4.69) is 15.9 Å². The van der Waals surface area contributed by atoms with Crippen molar-refractivity contribution in [2.75, 3.05) is 0 Å². The van der Waals surface area contributed by atoms with Crippen LogP contribution in [0, 0.1) is 5.82 Å². The van der Waals surface area contributed by atoms with Gasteiger partial charge >= 0.3 is 5.97 Å². The van der Waals surface area contributed by atoms with Crippen molar-refractivity contribution in [3.63, 3.8) is 0 Å². The molecular formula is C14H10BrFO3. The van der Waals surface area contributed by atoms with Crippen molar-refractivity contribution in [2.45, 2.75) is 6.61 Å². The van der Waals surface area contributed by atoms with Crippen LogP contribution in [0.4, 0.5) is 4.39 Å². The Morgan fingerprint density at radius 2 is 2.05 bits per heavy atom. The quantitative estimate of drug-likeness (QED) is 0.928. The SMILES string of the molecule is O=C(O)c1ccc(COc2cccc(Br)c2)cc1F. The first-order valence-electron chi connectivity index (χ1n) is 5.46. The molecule has 0 amide bonds. The average molecular weight is 325 g/mol. The largest absolute Gasteiger partial charge is 0.489 e. The second kappa shape index (κ2) is 5.84. The van der Waals surface area contributed by atoms with Gasteiger partial charge in [-0.3, -0.25) is 0 Å². The molecule has 0 fully saturated rings. The summed E-state index contributed by atoms with van der Waals surface area (Å²) in [5.74, 6) is -1.39. The first-order valence-corrected chi connectivity index (χ1v) is 6.25. The van der Waals surface area contributed by atoms with Crippen LogP contribution in [0.1, 0.15) is 15.9 Å². The molecule has 0 aliphatic carbocycles. The van der Waals surface area contributed by atoms with Gasteiger partial charge in [-0.2, -0.15) is 0 Å². The van der Waals surface area contributed by atoms with Crippen LogP contribution in [0.25, 0.3) is 0 Å². The van der Waals surface area contributed by atoms with E-state index in [1.807, 2.05) is 12.1 Å². The van der Waals surface area contributed by atoms with Crippen molar-refractivity contribution < 1.29 is 19.0 Å². The van der Waals surface area contributed by atoms with Crippen LogP contribution in [0.5, 0.6) is 5.75 Å². The number of rotatable bonds is 4. The molecule has 5 heteroatoms. The summed E-state index contributed by atoms with van der Waals surface area (Å²) in [6, 6.07) is 11.2. The van der Waals surface area contributed by atoms with Gasteiger partial charge in [-0.25, -0.2) is 9.18 Å². The summed E-state index contributed by atoms with van der Waals surface area (Å²) in [4.78, 5) is 10.7. The van der Waals surface area contributed by atoms with Crippen LogP contribution < -0.4 is 4.74 Å². The Labute approximate surface area is 117 Å².